The van der Waals surface area contributed by atoms with Gasteiger partial charge in [0, 0.05) is 30.2 Å². The number of aromatic amines is 1. The van der Waals surface area contributed by atoms with Crippen molar-refractivity contribution in [2.24, 2.45) is 4.99 Å². The zero-order valence-corrected chi connectivity index (χ0v) is 21.8. The van der Waals surface area contributed by atoms with E-state index in [2.05, 4.69) is 20.6 Å². The van der Waals surface area contributed by atoms with E-state index in [1.807, 2.05) is 32.2 Å². The van der Waals surface area contributed by atoms with Crippen LogP contribution in [0.1, 0.15) is 25.0 Å². The standard InChI is InChI=1S/C24H31FN4O3.HI/c1-5-26-24(27-10-9-17-15-28-20-8-7-18(25)13-19(17)20)29-14-16-11-21(30-3)23(32-6-2)22(12-16)31-4;/h7-8,11-13,15,28H,5-6,9-10,14H2,1-4H3,(H2,26,27,29);1H. The van der Waals surface area contributed by atoms with E-state index in [-0.39, 0.29) is 29.8 Å². The maximum atomic E-state index is 13.6. The van der Waals surface area contributed by atoms with Gasteiger partial charge in [-0.05, 0) is 61.7 Å². The van der Waals surface area contributed by atoms with Crippen LogP contribution in [-0.2, 0) is 13.0 Å². The van der Waals surface area contributed by atoms with Gasteiger partial charge in [0.25, 0.3) is 0 Å². The second-order valence-electron chi connectivity index (χ2n) is 7.14. The van der Waals surface area contributed by atoms with Gasteiger partial charge in [-0.2, -0.15) is 0 Å². The number of methoxy groups -OCH3 is 2. The van der Waals surface area contributed by atoms with Crippen LogP contribution in [0.3, 0.4) is 0 Å². The Labute approximate surface area is 211 Å². The van der Waals surface area contributed by atoms with Crippen molar-refractivity contribution in [1.29, 1.82) is 0 Å². The summed E-state index contributed by atoms with van der Waals surface area (Å²) in [5, 5.41) is 7.50. The van der Waals surface area contributed by atoms with Crippen LogP contribution < -0.4 is 24.8 Å². The maximum absolute atomic E-state index is 13.6. The molecular weight excluding hydrogens is 538 g/mol. The minimum Gasteiger partial charge on any atom is -0.493 e. The number of aliphatic imine (C=N–C) groups is 1. The average molecular weight is 570 g/mol. The van der Waals surface area contributed by atoms with E-state index in [0.29, 0.717) is 42.9 Å². The Hall–Kier alpha value is -2.69. The number of hydrogen-bond donors (Lipinski definition) is 3. The molecule has 7 nitrogen and oxygen atoms in total. The molecule has 0 radical (unpaired) electrons. The summed E-state index contributed by atoms with van der Waals surface area (Å²) in [5.41, 5.74) is 2.93. The normalized spacial score (nSPS) is 11.1. The molecule has 9 heteroatoms. The van der Waals surface area contributed by atoms with Crippen molar-refractivity contribution in [3.05, 3.63) is 53.5 Å². The molecule has 0 atom stereocenters. The van der Waals surface area contributed by atoms with Gasteiger partial charge in [-0.3, -0.25) is 0 Å². The molecule has 3 aromatic rings. The van der Waals surface area contributed by atoms with Gasteiger partial charge in [-0.25, -0.2) is 9.38 Å². The van der Waals surface area contributed by atoms with E-state index in [9.17, 15) is 4.39 Å². The Bertz CT molecular complexity index is 1050. The Morgan fingerprint density at radius 2 is 1.79 bits per heavy atom. The predicted molar refractivity (Wildman–Crippen MR) is 141 cm³/mol. The lowest BCUT2D eigenvalue weighted by molar-refractivity contribution is 0.288. The first-order chi connectivity index (χ1) is 15.6. The summed E-state index contributed by atoms with van der Waals surface area (Å²) in [5.74, 6) is 2.28. The predicted octanol–water partition coefficient (Wildman–Crippen LogP) is 4.64. The Kier molecular flexibility index (Phi) is 10.6. The molecule has 0 spiro atoms. The number of aromatic nitrogens is 1. The molecule has 2 aromatic carbocycles. The average Bonchev–Trinajstić information content (AvgIpc) is 3.20. The number of benzene rings is 2. The summed E-state index contributed by atoms with van der Waals surface area (Å²) < 4.78 is 30.2. The summed E-state index contributed by atoms with van der Waals surface area (Å²) in [6, 6.07) is 8.59. The number of halogens is 2. The third kappa shape index (κ3) is 6.89. The Morgan fingerprint density at radius 3 is 2.42 bits per heavy atom. The third-order valence-corrected chi connectivity index (χ3v) is 4.99. The molecule has 0 fully saturated rings. The lowest BCUT2D eigenvalue weighted by Crippen LogP contribution is -2.38. The van der Waals surface area contributed by atoms with Gasteiger partial charge < -0.3 is 29.8 Å². The van der Waals surface area contributed by atoms with Gasteiger partial charge in [0.15, 0.2) is 17.5 Å². The van der Waals surface area contributed by atoms with Gasteiger partial charge in [0.2, 0.25) is 5.75 Å². The molecule has 0 bridgehead atoms. The Morgan fingerprint density at radius 1 is 1.06 bits per heavy atom. The summed E-state index contributed by atoms with van der Waals surface area (Å²) in [6.45, 7) is 6.28. The highest BCUT2D eigenvalue weighted by Crippen LogP contribution is 2.38. The van der Waals surface area contributed by atoms with E-state index in [4.69, 9.17) is 14.2 Å². The van der Waals surface area contributed by atoms with Crippen LogP contribution in [0.4, 0.5) is 4.39 Å². The van der Waals surface area contributed by atoms with Crippen LogP contribution in [-0.4, -0.2) is 44.9 Å². The quantitative estimate of drug-likeness (QED) is 0.188. The molecular formula is C24H32FIN4O3. The Balaban J connectivity index is 0.00000385. The SMILES string of the molecule is CCNC(=NCc1cc(OC)c(OCC)c(OC)c1)NCCc1c[nH]c2ccc(F)cc12.I. The molecule has 0 amide bonds. The monoisotopic (exact) mass is 570 g/mol. The highest BCUT2D eigenvalue weighted by atomic mass is 127. The molecule has 3 rings (SSSR count). The van der Waals surface area contributed by atoms with Gasteiger partial charge >= 0.3 is 0 Å². The fourth-order valence-corrected chi connectivity index (χ4v) is 3.50. The van der Waals surface area contributed by atoms with E-state index in [0.717, 1.165) is 35.0 Å². The van der Waals surface area contributed by atoms with Gasteiger partial charge in [0.05, 0.1) is 27.4 Å². The van der Waals surface area contributed by atoms with Crippen molar-refractivity contribution in [2.75, 3.05) is 33.9 Å². The molecule has 33 heavy (non-hydrogen) atoms. The number of nitrogens with zero attached hydrogens (tertiary/aromatic N) is 1. The first kappa shape index (κ1) is 26.6. The van der Waals surface area contributed by atoms with Crippen molar-refractivity contribution in [1.82, 2.24) is 15.6 Å². The largest absolute Gasteiger partial charge is 0.493 e. The zero-order chi connectivity index (χ0) is 22.9. The minimum absolute atomic E-state index is 0. The molecule has 0 unspecified atom stereocenters. The highest BCUT2D eigenvalue weighted by Gasteiger charge is 2.14. The zero-order valence-electron chi connectivity index (χ0n) is 19.5. The van der Waals surface area contributed by atoms with Crippen LogP contribution in [0.5, 0.6) is 17.2 Å². The third-order valence-electron chi connectivity index (χ3n) is 4.99. The number of ether oxygens (including phenoxy) is 3. The fraction of sp³-hybridized carbons (Fsp3) is 0.375. The molecule has 3 N–H and O–H groups in total. The van der Waals surface area contributed by atoms with Crippen molar-refractivity contribution in [3.63, 3.8) is 0 Å². The topological polar surface area (TPSA) is 79.9 Å². The van der Waals surface area contributed by atoms with Crippen molar-refractivity contribution in [2.45, 2.75) is 26.8 Å². The van der Waals surface area contributed by atoms with Crippen LogP contribution >= 0.6 is 24.0 Å². The number of nitrogens with one attached hydrogen (secondary N) is 3. The molecule has 0 saturated heterocycles. The number of guanidine groups is 1. The van der Waals surface area contributed by atoms with Crippen molar-refractivity contribution < 1.29 is 18.6 Å². The van der Waals surface area contributed by atoms with E-state index >= 15 is 0 Å². The highest BCUT2D eigenvalue weighted by molar-refractivity contribution is 14.0. The van der Waals surface area contributed by atoms with E-state index in [1.165, 1.54) is 6.07 Å². The van der Waals surface area contributed by atoms with Crippen LogP contribution in [0.2, 0.25) is 0 Å². The second-order valence-corrected chi connectivity index (χ2v) is 7.14. The fourth-order valence-electron chi connectivity index (χ4n) is 3.50. The van der Waals surface area contributed by atoms with E-state index in [1.54, 1.807) is 26.4 Å². The molecule has 180 valence electrons. The molecule has 0 aliphatic rings. The number of hydrogen-bond acceptors (Lipinski definition) is 4. The van der Waals surface area contributed by atoms with Gasteiger partial charge in [-0.1, -0.05) is 0 Å². The smallest absolute Gasteiger partial charge is 0.203 e. The van der Waals surface area contributed by atoms with Crippen LogP contribution in [0, 0.1) is 5.82 Å². The number of H-pyrrole nitrogens is 1. The van der Waals surface area contributed by atoms with Crippen LogP contribution in [0.15, 0.2) is 41.5 Å². The van der Waals surface area contributed by atoms with Crippen LogP contribution in [0.25, 0.3) is 10.9 Å². The molecule has 0 aliphatic carbocycles. The number of fused-ring (bicyclic) bond motifs is 1. The summed E-state index contributed by atoms with van der Waals surface area (Å²) in [7, 11) is 3.21. The second kappa shape index (κ2) is 13.1. The molecule has 1 heterocycles. The molecule has 1 aromatic heterocycles. The molecule has 0 aliphatic heterocycles. The summed E-state index contributed by atoms with van der Waals surface area (Å²) >= 11 is 0. The van der Waals surface area contributed by atoms with Gasteiger partial charge in [-0.15, -0.1) is 24.0 Å². The summed E-state index contributed by atoms with van der Waals surface area (Å²) in [6.07, 6.45) is 2.66. The van der Waals surface area contributed by atoms with Gasteiger partial charge in [0.1, 0.15) is 5.82 Å². The first-order valence-electron chi connectivity index (χ1n) is 10.7. The van der Waals surface area contributed by atoms with Crippen molar-refractivity contribution in [3.8, 4) is 17.2 Å². The lowest BCUT2D eigenvalue weighted by atomic mass is 10.1. The van der Waals surface area contributed by atoms with Crippen molar-refractivity contribution >= 4 is 40.8 Å². The maximum Gasteiger partial charge on any atom is 0.203 e. The summed E-state index contributed by atoms with van der Waals surface area (Å²) in [4.78, 5) is 7.87. The minimum atomic E-state index is -0.234. The first-order valence-corrected chi connectivity index (χ1v) is 10.7. The van der Waals surface area contributed by atoms with E-state index < -0.39 is 0 Å². The lowest BCUT2D eigenvalue weighted by Gasteiger charge is -2.15. The number of rotatable bonds is 10. The molecule has 0 saturated carbocycles.